The second-order valence-electron chi connectivity index (χ2n) is 4.38. The Kier molecular flexibility index (Phi) is 3.78. The van der Waals surface area contributed by atoms with Crippen LogP contribution in [0.1, 0.15) is 20.3 Å². The van der Waals surface area contributed by atoms with Crippen LogP contribution in [-0.4, -0.2) is 29.1 Å². The number of hydrogen-bond acceptors (Lipinski definition) is 4. The van der Waals surface area contributed by atoms with E-state index in [-0.39, 0.29) is 6.09 Å². The minimum Gasteiger partial charge on any atom is -0.449 e. The lowest BCUT2D eigenvalue weighted by Crippen LogP contribution is -2.37. The molecule has 0 saturated heterocycles. The van der Waals surface area contributed by atoms with Gasteiger partial charge < -0.3 is 4.74 Å². The van der Waals surface area contributed by atoms with E-state index in [1.807, 2.05) is 12.3 Å². The molecule has 0 aliphatic carbocycles. The number of nitrogens with zero attached hydrogens (tertiary/aromatic N) is 2. The van der Waals surface area contributed by atoms with Crippen molar-refractivity contribution in [3.05, 3.63) is 15.4 Å². The summed E-state index contributed by atoms with van der Waals surface area (Å²) in [5.74, 6) is 0.549. The first-order valence-electron chi connectivity index (χ1n) is 5.72. The number of amides is 1. The third kappa shape index (κ3) is 3.06. The molecule has 4 nitrogen and oxygen atoms in total. The normalized spacial score (nSPS) is 13.9. The highest BCUT2D eigenvalue weighted by Crippen LogP contribution is 2.03. The summed E-state index contributed by atoms with van der Waals surface area (Å²) in [6.45, 7) is 5.24. The van der Waals surface area contributed by atoms with Gasteiger partial charge in [0.05, 0.1) is 22.0 Å². The van der Waals surface area contributed by atoms with Crippen LogP contribution in [0.15, 0.2) is 5.51 Å². The zero-order chi connectivity index (χ0) is 12.3. The molecule has 92 valence electrons. The topological polar surface area (TPSA) is 42.4 Å². The Hall–Kier alpha value is -1.36. The second kappa shape index (κ2) is 5.31. The van der Waals surface area contributed by atoms with Crippen LogP contribution in [0.4, 0.5) is 4.79 Å². The predicted molar refractivity (Wildman–Crippen MR) is 67.8 cm³/mol. The van der Waals surface area contributed by atoms with E-state index in [0.717, 1.165) is 16.3 Å². The first-order chi connectivity index (χ1) is 8.16. The zero-order valence-corrected chi connectivity index (χ0v) is 10.9. The average Bonchev–Trinajstić information content (AvgIpc) is 2.75. The first kappa shape index (κ1) is 12.1. The number of rotatable bonds is 3. The smallest absolute Gasteiger partial charge is 0.414 e. The fourth-order valence-corrected chi connectivity index (χ4v) is 2.21. The molecule has 5 heteroatoms. The van der Waals surface area contributed by atoms with Crippen molar-refractivity contribution in [2.24, 2.45) is 5.92 Å². The summed E-state index contributed by atoms with van der Waals surface area (Å²) >= 11 is 1.53. The van der Waals surface area contributed by atoms with Gasteiger partial charge in [0.1, 0.15) is 0 Å². The Labute approximate surface area is 104 Å². The van der Waals surface area contributed by atoms with Gasteiger partial charge in [-0.3, -0.25) is 4.90 Å². The molecule has 1 aliphatic heterocycles. The van der Waals surface area contributed by atoms with Gasteiger partial charge in [0, 0.05) is 12.7 Å². The molecule has 0 unspecified atom stereocenters. The molecule has 1 aromatic rings. The summed E-state index contributed by atoms with van der Waals surface area (Å²) < 4.78 is 6.22. The number of fused-ring (bicyclic) bond motifs is 1. The maximum Gasteiger partial charge on any atom is 0.414 e. The van der Waals surface area contributed by atoms with Gasteiger partial charge in [-0.25, -0.2) is 9.78 Å². The van der Waals surface area contributed by atoms with Crippen LogP contribution >= 0.6 is 11.3 Å². The molecule has 2 rings (SSSR count). The molecule has 0 aromatic carbocycles. The number of aromatic nitrogens is 1. The molecule has 0 bridgehead atoms. The summed E-state index contributed by atoms with van der Waals surface area (Å²) in [5.41, 5.74) is 1.78. The van der Waals surface area contributed by atoms with Crippen LogP contribution < -0.4 is 9.88 Å². The molecule has 0 N–H and O–H groups in total. The van der Waals surface area contributed by atoms with Crippen LogP contribution in [0.3, 0.4) is 0 Å². The molecule has 1 aromatic heterocycles. The lowest BCUT2D eigenvalue weighted by molar-refractivity contribution is 0.119. The third-order valence-electron chi connectivity index (χ3n) is 2.53. The minimum atomic E-state index is -0.277. The predicted octanol–water partition coefficient (Wildman–Crippen LogP) is 1.16. The number of ether oxygens (including phenoxy) is 1. The van der Waals surface area contributed by atoms with Crippen LogP contribution in [0.2, 0.25) is 0 Å². The Morgan fingerprint density at radius 1 is 1.65 bits per heavy atom. The second-order valence-corrected chi connectivity index (χ2v) is 5.27. The molecule has 1 amide bonds. The molecule has 17 heavy (non-hydrogen) atoms. The molecule has 0 saturated carbocycles. The standard InChI is InChI=1S/C12H16N2O2S/c1-9(2)4-6-16-12(15)14-5-3-10-11(7-14)17-8-13-10/h3,7-9H,4-6H2,1-2H3. The summed E-state index contributed by atoms with van der Waals surface area (Å²) in [6.07, 6.45) is 4.37. The van der Waals surface area contributed by atoms with Gasteiger partial charge in [-0.15, -0.1) is 11.3 Å². The largest absolute Gasteiger partial charge is 0.449 e. The molecular weight excluding hydrogens is 236 g/mol. The van der Waals surface area contributed by atoms with E-state index in [1.165, 1.54) is 11.3 Å². The van der Waals surface area contributed by atoms with E-state index < -0.39 is 0 Å². The molecule has 1 aliphatic rings. The number of carbonyl (C=O) groups excluding carboxylic acids is 1. The zero-order valence-electron chi connectivity index (χ0n) is 10.0. The van der Waals surface area contributed by atoms with Crippen molar-refractivity contribution in [1.82, 2.24) is 9.88 Å². The lowest BCUT2D eigenvalue weighted by Gasteiger charge is -2.17. The highest BCUT2D eigenvalue weighted by Gasteiger charge is 2.14. The maximum atomic E-state index is 11.7. The van der Waals surface area contributed by atoms with Crippen molar-refractivity contribution in [1.29, 1.82) is 0 Å². The quantitative estimate of drug-likeness (QED) is 0.810. The van der Waals surface area contributed by atoms with Gasteiger partial charge in [0.25, 0.3) is 0 Å². The van der Waals surface area contributed by atoms with Crippen LogP contribution in [0.25, 0.3) is 12.3 Å². The van der Waals surface area contributed by atoms with Gasteiger partial charge >= 0.3 is 6.09 Å². The van der Waals surface area contributed by atoms with Crippen LogP contribution in [0, 0.1) is 5.92 Å². The fraction of sp³-hybridized carbons (Fsp3) is 0.500. The molecule has 0 radical (unpaired) electrons. The Morgan fingerprint density at radius 2 is 2.47 bits per heavy atom. The van der Waals surface area contributed by atoms with Gasteiger partial charge in [0.2, 0.25) is 0 Å². The minimum absolute atomic E-state index is 0.277. The van der Waals surface area contributed by atoms with E-state index in [1.54, 1.807) is 10.4 Å². The van der Waals surface area contributed by atoms with Gasteiger partial charge in [-0.1, -0.05) is 13.8 Å². The summed E-state index contributed by atoms with van der Waals surface area (Å²) in [5, 5.41) is 0.959. The summed E-state index contributed by atoms with van der Waals surface area (Å²) in [6, 6.07) is 0. The molecule has 0 fully saturated rings. The van der Waals surface area contributed by atoms with Gasteiger partial charge in [-0.05, 0) is 18.4 Å². The summed E-state index contributed by atoms with van der Waals surface area (Å²) in [4.78, 5) is 17.5. The lowest BCUT2D eigenvalue weighted by atomic mass is 10.1. The summed E-state index contributed by atoms with van der Waals surface area (Å²) in [7, 11) is 0. The Balaban J connectivity index is 1.94. The molecule has 2 heterocycles. The maximum absolute atomic E-state index is 11.7. The highest BCUT2D eigenvalue weighted by atomic mass is 32.1. The van der Waals surface area contributed by atoms with Crippen LogP contribution in [0.5, 0.6) is 0 Å². The van der Waals surface area contributed by atoms with Gasteiger partial charge in [-0.2, -0.15) is 0 Å². The van der Waals surface area contributed by atoms with Crippen molar-refractivity contribution in [2.75, 3.05) is 13.2 Å². The van der Waals surface area contributed by atoms with E-state index >= 15 is 0 Å². The van der Waals surface area contributed by atoms with Gasteiger partial charge in [0.15, 0.2) is 0 Å². The van der Waals surface area contributed by atoms with Crippen molar-refractivity contribution in [3.63, 3.8) is 0 Å². The molecule has 0 atom stereocenters. The van der Waals surface area contributed by atoms with Crippen molar-refractivity contribution < 1.29 is 9.53 Å². The number of hydrogen-bond donors (Lipinski definition) is 0. The van der Waals surface area contributed by atoms with E-state index in [4.69, 9.17) is 4.74 Å². The van der Waals surface area contributed by atoms with Crippen molar-refractivity contribution >= 4 is 29.7 Å². The van der Waals surface area contributed by atoms with E-state index in [0.29, 0.717) is 19.1 Å². The van der Waals surface area contributed by atoms with Crippen LogP contribution in [-0.2, 0) is 4.74 Å². The highest BCUT2D eigenvalue weighted by molar-refractivity contribution is 7.07. The van der Waals surface area contributed by atoms with Crippen molar-refractivity contribution in [2.45, 2.75) is 20.3 Å². The van der Waals surface area contributed by atoms with E-state index in [2.05, 4.69) is 18.8 Å². The Morgan fingerprint density at radius 3 is 3.24 bits per heavy atom. The SMILES string of the molecule is CC(C)CCOC(=O)N1C=c2scnc2=CC1. The molecule has 0 spiro atoms. The third-order valence-corrected chi connectivity index (χ3v) is 3.31. The molecular formula is C12H16N2O2S. The number of thiazole rings is 1. The first-order valence-corrected chi connectivity index (χ1v) is 6.59. The average molecular weight is 252 g/mol. The van der Waals surface area contributed by atoms with Crippen molar-refractivity contribution in [3.8, 4) is 0 Å². The van der Waals surface area contributed by atoms with E-state index in [9.17, 15) is 4.79 Å². The monoisotopic (exact) mass is 252 g/mol. The fourth-order valence-electron chi connectivity index (χ4n) is 1.48. The number of carbonyl (C=O) groups is 1. The Bertz CT molecular complexity index is 507.